The van der Waals surface area contributed by atoms with Gasteiger partial charge in [-0.05, 0) is 61.0 Å². The van der Waals surface area contributed by atoms with Crippen molar-refractivity contribution in [2.75, 3.05) is 12.4 Å². The molecular formula is C22H20ClN5O2S. The fourth-order valence-electron chi connectivity index (χ4n) is 2.89. The molecule has 0 fully saturated rings. The topological polar surface area (TPSA) is 81.4 Å². The molecule has 0 aliphatic heterocycles. The van der Waals surface area contributed by atoms with Gasteiger partial charge in [0.05, 0.1) is 18.1 Å². The summed E-state index contributed by atoms with van der Waals surface area (Å²) in [6.07, 6.45) is 0. The van der Waals surface area contributed by atoms with Crippen LogP contribution in [-0.4, -0.2) is 38.1 Å². The maximum absolute atomic E-state index is 12.2. The minimum Gasteiger partial charge on any atom is -0.494 e. The van der Waals surface area contributed by atoms with Crippen molar-refractivity contribution < 1.29 is 9.53 Å². The maximum atomic E-state index is 12.2. The molecule has 0 saturated carbocycles. The van der Waals surface area contributed by atoms with E-state index >= 15 is 0 Å². The maximum Gasteiger partial charge on any atom is 0.230 e. The van der Waals surface area contributed by atoms with Crippen molar-refractivity contribution >= 4 is 34.9 Å². The van der Waals surface area contributed by atoms with Crippen molar-refractivity contribution in [3.63, 3.8) is 0 Å². The van der Waals surface area contributed by atoms with E-state index in [4.69, 9.17) is 16.3 Å². The van der Waals surface area contributed by atoms with Crippen LogP contribution in [0.2, 0.25) is 5.02 Å². The van der Waals surface area contributed by atoms with Crippen LogP contribution in [0.25, 0.3) is 16.9 Å². The Bertz CT molecular complexity index is 1180. The van der Waals surface area contributed by atoms with Crippen LogP contribution in [0.4, 0.5) is 0 Å². The number of fused-ring (bicyclic) bond motifs is 1. The zero-order chi connectivity index (χ0) is 21.6. The molecule has 0 saturated heterocycles. The van der Waals surface area contributed by atoms with Crippen molar-refractivity contribution in [2.45, 2.75) is 18.6 Å². The molecule has 0 spiro atoms. The van der Waals surface area contributed by atoms with Crippen LogP contribution in [0.1, 0.15) is 12.5 Å². The van der Waals surface area contributed by atoms with Crippen LogP contribution in [0.5, 0.6) is 5.75 Å². The molecule has 1 N–H and O–H groups in total. The third kappa shape index (κ3) is 5.34. The van der Waals surface area contributed by atoms with Gasteiger partial charge in [0.2, 0.25) is 11.1 Å². The summed E-state index contributed by atoms with van der Waals surface area (Å²) >= 11 is 7.17. The van der Waals surface area contributed by atoms with E-state index in [-0.39, 0.29) is 11.7 Å². The summed E-state index contributed by atoms with van der Waals surface area (Å²) in [5, 5.41) is 17.1. The summed E-state index contributed by atoms with van der Waals surface area (Å²) in [6, 6.07) is 18.9. The Morgan fingerprint density at radius 1 is 1.06 bits per heavy atom. The smallest absolute Gasteiger partial charge is 0.230 e. The molecule has 2 aromatic carbocycles. The van der Waals surface area contributed by atoms with E-state index in [2.05, 4.69) is 20.6 Å². The molecule has 0 unspecified atom stereocenters. The van der Waals surface area contributed by atoms with Crippen molar-refractivity contribution in [3.05, 3.63) is 71.2 Å². The summed E-state index contributed by atoms with van der Waals surface area (Å²) in [6.45, 7) is 3.02. The number of aromatic nitrogens is 4. The summed E-state index contributed by atoms with van der Waals surface area (Å²) in [5.41, 5.74) is 3.34. The average molecular weight is 454 g/mol. The first-order valence-corrected chi connectivity index (χ1v) is 11.1. The third-order valence-electron chi connectivity index (χ3n) is 4.43. The number of amides is 1. The van der Waals surface area contributed by atoms with Gasteiger partial charge in [-0.1, -0.05) is 35.5 Å². The van der Waals surface area contributed by atoms with E-state index in [1.54, 1.807) is 16.6 Å². The van der Waals surface area contributed by atoms with Crippen LogP contribution >= 0.6 is 23.4 Å². The number of thioether (sulfide) groups is 1. The van der Waals surface area contributed by atoms with Crippen LogP contribution < -0.4 is 10.1 Å². The number of hydrogen-bond acceptors (Lipinski definition) is 6. The molecule has 0 atom stereocenters. The van der Waals surface area contributed by atoms with Gasteiger partial charge >= 0.3 is 0 Å². The summed E-state index contributed by atoms with van der Waals surface area (Å²) in [5.74, 6) is 0.931. The number of nitrogens with zero attached hydrogens (tertiary/aromatic N) is 4. The van der Waals surface area contributed by atoms with Gasteiger partial charge in [0.1, 0.15) is 5.75 Å². The van der Waals surface area contributed by atoms with Gasteiger partial charge in [0, 0.05) is 17.1 Å². The van der Waals surface area contributed by atoms with Crippen molar-refractivity contribution in [2.24, 2.45) is 0 Å². The predicted octanol–water partition coefficient (Wildman–Crippen LogP) is 4.25. The number of ether oxygens (including phenoxy) is 1. The minimum atomic E-state index is -0.0978. The third-order valence-corrected chi connectivity index (χ3v) is 5.60. The van der Waals surface area contributed by atoms with Crippen LogP contribution in [-0.2, 0) is 11.3 Å². The second-order valence-corrected chi connectivity index (χ2v) is 8.00. The number of hydrogen-bond donors (Lipinski definition) is 1. The lowest BCUT2D eigenvalue weighted by Crippen LogP contribution is -2.24. The molecule has 31 heavy (non-hydrogen) atoms. The van der Waals surface area contributed by atoms with E-state index in [0.717, 1.165) is 22.6 Å². The lowest BCUT2D eigenvalue weighted by atomic mass is 10.1. The van der Waals surface area contributed by atoms with Gasteiger partial charge in [-0.2, -0.15) is 9.61 Å². The van der Waals surface area contributed by atoms with Gasteiger partial charge in [-0.25, -0.2) is 0 Å². The quantitative estimate of drug-likeness (QED) is 0.401. The first-order valence-electron chi connectivity index (χ1n) is 9.72. The highest BCUT2D eigenvalue weighted by molar-refractivity contribution is 7.99. The Morgan fingerprint density at radius 2 is 1.84 bits per heavy atom. The molecule has 1 amide bonds. The molecule has 2 heterocycles. The summed E-state index contributed by atoms with van der Waals surface area (Å²) in [7, 11) is 0. The van der Waals surface area contributed by atoms with E-state index in [9.17, 15) is 4.79 Å². The first-order chi connectivity index (χ1) is 15.1. The van der Waals surface area contributed by atoms with Gasteiger partial charge in [-0.15, -0.1) is 10.2 Å². The monoisotopic (exact) mass is 453 g/mol. The minimum absolute atomic E-state index is 0.0978. The van der Waals surface area contributed by atoms with E-state index < -0.39 is 0 Å². The highest BCUT2D eigenvalue weighted by Crippen LogP contribution is 2.23. The van der Waals surface area contributed by atoms with Crippen molar-refractivity contribution in [3.8, 4) is 17.0 Å². The highest BCUT2D eigenvalue weighted by atomic mass is 35.5. The van der Waals surface area contributed by atoms with Gasteiger partial charge in [0.25, 0.3) is 0 Å². The SMILES string of the molecule is CCOc1ccc(-c2ccc3nnc(SCC(=O)NCc4ccc(Cl)cc4)n3n2)cc1. The van der Waals surface area contributed by atoms with E-state index in [1.165, 1.54) is 11.8 Å². The number of carbonyl (C=O) groups is 1. The standard InChI is InChI=1S/C22H20ClN5O2S/c1-2-30-18-9-5-16(6-10-18)19-11-12-20-25-26-22(28(20)27-19)31-14-21(29)24-13-15-3-7-17(23)8-4-15/h3-12H,2,13-14H2,1H3,(H,24,29). The lowest BCUT2D eigenvalue weighted by Gasteiger charge is -2.06. The zero-order valence-corrected chi connectivity index (χ0v) is 18.4. The summed E-state index contributed by atoms with van der Waals surface area (Å²) in [4.78, 5) is 12.2. The van der Waals surface area contributed by atoms with Crippen molar-refractivity contribution in [1.29, 1.82) is 0 Å². The molecular weight excluding hydrogens is 434 g/mol. The Morgan fingerprint density at radius 3 is 2.58 bits per heavy atom. The largest absolute Gasteiger partial charge is 0.494 e. The zero-order valence-electron chi connectivity index (χ0n) is 16.8. The fourth-order valence-corrected chi connectivity index (χ4v) is 3.73. The molecule has 4 aromatic rings. The highest BCUT2D eigenvalue weighted by Gasteiger charge is 2.12. The Labute approximate surface area is 188 Å². The molecule has 0 radical (unpaired) electrons. The normalized spacial score (nSPS) is 10.9. The Balaban J connectivity index is 1.41. The molecule has 7 nitrogen and oxygen atoms in total. The molecule has 0 aliphatic rings. The summed E-state index contributed by atoms with van der Waals surface area (Å²) < 4.78 is 7.14. The van der Waals surface area contributed by atoms with Gasteiger partial charge in [0.15, 0.2) is 5.65 Å². The number of halogens is 1. The molecule has 2 aromatic heterocycles. The second kappa shape index (κ2) is 9.80. The predicted molar refractivity (Wildman–Crippen MR) is 121 cm³/mol. The van der Waals surface area contributed by atoms with E-state index in [1.807, 2.05) is 55.5 Å². The Hall–Kier alpha value is -3.10. The molecule has 0 aliphatic carbocycles. The molecule has 4 rings (SSSR count). The molecule has 9 heteroatoms. The van der Waals surface area contributed by atoms with E-state index in [0.29, 0.717) is 29.0 Å². The lowest BCUT2D eigenvalue weighted by molar-refractivity contribution is -0.118. The number of carbonyl (C=O) groups excluding carboxylic acids is 1. The number of nitrogens with one attached hydrogen (secondary N) is 1. The molecule has 0 bridgehead atoms. The first kappa shape index (κ1) is 21.1. The van der Waals surface area contributed by atoms with Crippen LogP contribution in [0.3, 0.4) is 0 Å². The second-order valence-electron chi connectivity index (χ2n) is 6.62. The average Bonchev–Trinajstić information content (AvgIpc) is 3.20. The number of benzene rings is 2. The van der Waals surface area contributed by atoms with Gasteiger partial charge < -0.3 is 10.1 Å². The molecule has 158 valence electrons. The number of rotatable bonds is 8. The van der Waals surface area contributed by atoms with Crippen LogP contribution in [0, 0.1) is 0 Å². The van der Waals surface area contributed by atoms with Crippen molar-refractivity contribution in [1.82, 2.24) is 25.1 Å². The fraction of sp³-hybridized carbons (Fsp3) is 0.182. The van der Waals surface area contributed by atoms with Crippen LogP contribution in [0.15, 0.2) is 65.8 Å². The van der Waals surface area contributed by atoms with Gasteiger partial charge in [-0.3, -0.25) is 4.79 Å². The Kier molecular flexibility index (Phi) is 6.69.